The second kappa shape index (κ2) is 4.93. The summed E-state index contributed by atoms with van der Waals surface area (Å²) in [6.45, 7) is -2.23. The van der Waals surface area contributed by atoms with Gasteiger partial charge in [0.05, 0.1) is 14.8 Å². The van der Waals surface area contributed by atoms with Gasteiger partial charge < -0.3 is 4.74 Å². The Morgan fingerprint density at radius 3 is 2.76 bits per heavy atom. The molecule has 0 saturated heterocycles. The van der Waals surface area contributed by atoms with Crippen molar-refractivity contribution in [2.45, 2.75) is 6.56 Å². The molecule has 0 aliphatic carbocycles. The molecule has 4 heteroatoms. The Hall–Kier alpha value is -1.94. The fraction of sp³-hybridized carbons (Fsp3) is 0.154. The Bertz CT molecular complexity index is 807. The van der Waals surface area contributed by atoms with Gasteiger partial charge in [-0.1, -0.05) is 0 Å². The molecule has 2 rings (SSSR count). The average Bonchev–Trinajstić information content (AvgIpc) is 2.52. The highest BCUT2D eigenvalue weighted by molar-refractivity contribution is 5.33. The quantitative estimate of drug-likeness (QED) is 0.821. The van der Waals surface area contributed by atoms with Crippen molar-refractivity contribution in [1.82, 2.24) is 4.57 Å². The zero-order valence-electron chi connectivity index (χ0n) is 14.9. The normalized spacial score (nSPS) is 16.4. The largest absolute Gasteiger partial charge is 0.380 e. The third-order valence-electron chi connectivity index (χ3n) is 1.95. The van der Waals surface area contributed by atoms with Crippen molar-refractivity contribution in [2.75, 3.05) is 7.11 Å². The van der Waals surface area contributed by atoms with Crippen molar-refractivity contribution in [3.05, 3.63) is 64.2 Å². The minimum absolute atomic E-state index is 0.0687. The van der Waals surface area contributed by atoms with Gasteiger partial charge in [-0.15, -0.1) is 0 Å². The van der Waals surface area contributed by atoms with Gasteiger partial charge in [0.2, 0.25) is 0 Å². The number of ether oxygens (including phenoxy) is 1. The van der Waals surface area contributed by atoms with E-state index in [-0.39, 0.29) is 5.56 Å². The average molecular weight is 239 g/mol. The number of hydrogen-bond donors (Lipinski definition) is 0. The summed E-state index contributed by atoms with van der Waals surface area (Å²) < 4.78 is 64.8. The Labute approximate surface area is 107 Å². The van der Waals surface area contributed by atoms with Crippen LogP contribution in [0.15, 0.2) is 47.3 Å². The second-order valence-electron chi connectivity index (χ2n) is 3.09. The molecule has 0 atom stereocenters. The van der Waals surface area contributed by atoms with Crippen LogP contribution in [-0.2, 0) is 11.3 Å². The minimum atomic E-state index is -2.23. The van der Waals surface area contributed by atoms with Crippen LogP contribution in [0.4, 0.5) is 4.39 Å². The van der Waals surface area contributed by atoms with E-state index in [1.807, 2.05) is 0 Å². The van der Waals surface area contributed by atoms with Crippen molar-refractivity contribution >= 4 is 0 Å². The van der Waals surface area contributed by atoms with Crippen LogP contribution in [0.5, 0.6) is 0 Å². The summed E-state index contributed by atoms with van der Waals surface area (Å²) in [6, 6.07) is -1.10. The molecule has 1 aromatic heterocycles. The van der Waals surface area contributed by atoms with Gasteiger partial charge in [0.15, 0.2) is 0 Å². The van der Waals surface area contributed by atoms with Gasteiger partial charge in [-0.3, -0.25) is 9.36 Å². The molecule has 0 N–H and O–H groups in total. The topological polar surface area (TPSA) is 31.2 Å². The number of nitrogens with zero attached hydrogens (tertiary/aromatic N) is 1. The van der Waals surface area contributed by atoms with Gasteiger partial charge in [-0.25, -0.2) is 4.39 Å². The highest BCUT2D eigenvalue weighted by Crippen LogP contribution is 2.08. The van der Waals surface area contributed by atoms with E-state index in [0.29, 0.717) is 0 Å². The van der Waals surface area contributed by atoms with Gasteiger partial charge in [-0.05, 0) is 35.8 Å². The van der Waals surface area contributed by atoms with Crippen LogP contribution in [0.3, 0.4) is 0 Å². The summed E-state index contributed by atoms with van der Waals surface area (Å²) in [5.41, 5.74) is -1.24. The molecule has 0 bridgehead atoms. The third-order valence-corrected chi connectivity index (χ3v) is 1.95. The number of benzene rings is 1. The van der Waals surface area contributed by atoms with Gasteiger partial charge in [-0.2, -0.15) is 0 Å². The molecule has 0 saturated carbocycles. The SMILES string of the molecule is [2H]c1c([2H])c(-n2cc(C([2H])([2H])OC)ccc2=O)c([2H])c([2H])c1F. The van der Waals surface area contributed by atoms with E-state index in [1.54, 1.807) is 0 Å². The van der Waals surface area contributed by atoms with Crippen LogP contribution in [0.2, 0.25) is 0 Å². The fourth-order valence-corrected chi connectivity index (χ4v) is 1.25. The number of methoxy groups -OCH3 is 1. The predicted molar refractivity (Wildman–Crippen MR) is 62.7 cm³/mol. The molecule has 0 spiro atoms. The molecule has 0 amide bonds. The van der Waals surface area contributed by atoms with Crippen LogP contribution in [0.25, 0.3) is 5.69 Å². The third kappa shape index (κ3) is 2.60. The maximum absolute atomic E-state index is 13.6. The summed E-state index contributed by atoms with van der Waals surface area (Å²) in [4.78, 5) is 12.0. The Morgan fingerprint density at radius 2 is 2.12 bits per heavy atom. The van der Waals surface area contributed by atoms with E-state index in [0.717, 1.165) is 23.9 Å². The van der Waals surface area contributed by atoms with Crippen molar-refractivity contribution in [3.8, 4) is 5.69 Å². The molecular weight excluding hydrogens is 221 g/mol. The molecule has 1 aromatic carbocycles. The molecular formula is C13H12FNO2. The molecule has 0 aliphatic rings. The highest BCUT2D eigenvalue weighted by atomic mass is 19.1. The summed E-state index contributed by atoms with van der Waals surface area (Å²) in [6.07, 6.45) is 1.01. The van der Waals surface area contributed by atoms with Gasteiger partial charge >= 0.3 is 0 Å². The molecule has 0 unspecified atom stereocenters. The smallest absolute Gasteiger partial charge is 0.255 e. The first-order valence-electron chi connectivity index (χ1n) is 7.66. The van der Waals surface area contributed by atoms with Crippen molar-refractivity contribution in [1.29, 1.82) is 0 Å². The maximum atomic E-state index is 13.6. The molecule has 2 aromatic rings. The molecule has 88 valence electrons. The fourth-order valence-electron chi connectivity index (χ4n) is 1.25. The molecule has 0 radical (unpaired) electrons. The van der Waals surface area contributed by atoms with Crippen LogP contribution in [0, 0.1) is 5.82 Å². The van der Waals surface area contributed by atoms with Crippen LogP contribution < -0.4 is 5.56 Å². The summed E-state index contributed by atoms with van der Waals surface area (Å²) in [5, 5.41) is 0. The van der Waals surface area contributed by atoms with Crippen molar-refractivity contribution < 1.29 is 17.4 Å². The molecule has 0 fully saturated rings. The first kappa shape index (κ1) is 6.12. The monoisotopic (exact) mass is 239 g/mol. The van der Waals surface area contributed by atoms with Crippen molar-refractivity contribution in [3.63, 3.8) is 0 Å². The number of halogens is 1. The Morgan fingerprint density at radius 1 is 1.41 bits per heavy atom. The lowest BCUT2D eigenvalue weighted by atomic mass is 10.2. The van der Waals surface area contributed by atoms with E-state index in [2.05, 4.69) is 4.74 Å². The molecule has 3 nitrogen and oxygen atoms in total. The van der Waals surface area contributed by atoms with E-state index >= 15 is 0 Å². The number of hydrogen-bond acceptors (Lipinski definition) is 2. The number of pyridine rings is 1. The Kier molecular flexibility index (Phi) is 1.77. The van der Waals surface area contributed by atoms with Gasteiger partial charge in [0, 0.05) is 25.1 Å². The van der Waals surface area contributed by atoms with Crippen molar-refractivity contribution in [2.24, 2.45) is 0 Å². The first-order chi connectivity index (χ1) is 10.6. The molecule has 0 aliphatic heterocycles. The minimum Gasteiger partial charge on any atom is -0.380 e. The standard InChI is InChI=1S/C13H12FNO2/c1-17-9-10-2-7-13(16)15(8-10)12-5-3-11(14)4-6-12/h2-8H,9H2,1H3/i3D,4D,5D,6D,9D2. The van der Waals surface area contributed by atoms with E-state index in [1.165, 1.54) is 6.07 Å². The summed E-state index contributed by atoms with van der Waals surface area (Å²) >= 11 is 0. The molecule has 1 heterocycles. The van der Waals surface area contributed by atoms with Crippen LogP contribution in [0.1, 0.15) is 13.8 Å². The lowest BCUT2D eigenvalue weighted by Crippen LogP contribution is -2.17. The van der Waals surface area contributed by atoms with Gasteiger partial charge in [0.1, 0.15) is 5.82 Å². The lowest BCUT2D eigenvalue weighted by molar-refractivity contribution is 0.184. The van der Waals surface area contributed by atoms with E-state index in [9.17, 15) is 9.18 Å². The van der Waals surface area contributed by atoms with E-state index < -0.39 is 47.8 Å². The lowest BCUT2D eigenvalue weighted by Gasteiger charge is -2.07. The summed E-state index contributed by atoms with van der Waals surface area (Å²) in [5.74, 6) is -1.32. The summed E-state index contributed by atoms with van der Waals surface area (Å²) in [7, 11) is 1.13. The second-order valence-corrected chi connectivity index (χ2v) is 3.09. The number of aromatic nitrogens is 1. The number of rotatable bonds is 3. The molecule has 17 heavy (non-hydrogen) atoms. The zero-order chi connectivity index (χ0) is 17.5. The highest BCUT2D eigenvalue weighted by Gasteiger charge is 2.01. The van der Waals surface area contributed by atoms with Crippen LogP contribution >= 0.6 is 0 Å². The van der Waals surface area contributed by atoms with E-state index in [4.69, 9.17) is 8.22 Å². The van der Waals surface area contributed by atoms with Crippen LogP contribution in [-0.4, -0.2) is 11.7 Å². The first-order valence-corrected chi connectivity index (χ1v) is 4.66. The zero-order valence-corrected chi connectivity index (χ0v) is 8.87. The Balaban J connectivity index is 2.83. The predicted octanol–water partition coefficient (Wildman–Crippen LogP) is 2.12. The maximum Gasteiger partial charge on any atom is 0.255 e. The van der Waals surface area contributed by atoms with Gasteiger partial charge in [0.25, 0.3) is 5.56 Å².